The summed E-state index contributed by atoms with van der Waals surface area (Å²) in [4.78, 5) is 23.4. The van der Waals surface area contributed by atoms with Crippen LogP contribution in [0.4, 0.5) is 9.52 Å². The highest BCUT2D eigenvalue weighted by molar-refractivity contribution is 7.91. The number of hydrogen-bond acceptors (Lipinski definition) is 6. The first-order chi connectivity index (χ1) is 15.8. The summed E-state index contributed by atoms with van der Waals surface area (Å²) in [6.07, 6.45) is 5.71. The van der Waals surface area contributed by atoms with Crippen LogP contribution in [0.5, 0.6) is 0 Å². The molecular weight excluding hydrogens is 463 g/mol. The number of rotatable bonds is 9. The molecule has 0 saturated carbocycles. The fraction of sp³-hybridized carbons (Fsp3) is 0.261. The summed E-state index contributed by atoms with van der Waals surface area (Å²) >= 11 is 1.41. The maximum absolute atomic E-state index is 13.2. The lowest BCUT2D eigenvalue weighted by atomic mass is 10.2. The van der Waals surface area contributed by atoms with E-state index >= 15 is 0 Å². The smallest absolute Gasteiger partial charge is 0.229 e. The van der Waals surface area contributed by atoms with E-state index in [1.807, 2.05) is 35.9 Å². The second-order valence-electron chi connectivity index (χ2n) is 7.69. The Bertz CT molecular complexity index is 1350. The van der Waals surface area contributed by atoms with E-state index in [-0.39, 0.29) is 23.0 Å². The number of fused-ring (bicyclic) bond motifs is 1. The van der Waals surface area contributed by atoms with Crippen LogP contribution in [-0.4, -0.2) is 41.2 Å². The van der Waals surface area contributed by atoms with Crippen molar-refractivity contribution in [3.63, 3.8) is 0 Å². The van der Waals surface area contributed by atoms with E-state index in [1.54, 1.807) is 17.4 Å². The largest absolute Gasteiger partial charge is 0.337 e. The number of aromatic nitrogens is 3. The van der Waals surface area contributed by atoms with Crippen LogP contribution < -0.4 is 4.90 Å². The van der Waals surface area contributed by atoms with Crippen molar-refractivity contribution in [2.45, 2.75) is 31.2 Å². The Balaban J connectivity index is 1.52. The number of carbonyl (C=O) groups is 1. The molecule has 0 saturated heterocycles. The topological polar surface area (TPSA) is 85.2 Å². The third-order valence-corrected chi connectivity index (χ3v) is 7.95. The van der Waals surface area contributed by atoms with E-state index in [1.165, 1.54) is 23.5 Å². The SMILES string of the molecule is Cc1ccc2nc(N(CCCn3ccnc3)C(=O)CCS(=O)(=O)c3ccc(F)cc3)sc2c1. The van der Waals surface area contributed by atoms with Crippen LogP contribution in [-0.2, 0) is 21.2 Å². The van der Waals surface area contributed by atoms with Crippen molar-refractivity contribution in [1.82, 2.24) is 14.5 Å². The zero-order chi connectivity index (χ0) is 23.4. The lowest BCUT2D eigenvalue weighted by Crippen LogP contribution is -2.33. The predicted molar refractivity (Wildman–Crippen MR) is 127 cm³/mol. The van der Waals surface area contributed by atoms with Crippen LogP contribution in [0.2, 0.25) is 0 Å². The highest BCUT2D eigenvalue weighted by atomic mass is 32.2. The molecule has 0 atom stereocenters. The molecule has 2 heterocycles. The highest BCUT2D eigenvalue weighted by Gasteiger charge is 2.23. The predicted octanol–water partition coefficient (Wildman–Crippen LogP) is 4.23. The number of imidazole rings is 1. The minimum Gasteiger partial charge on any atom is -0.337 e. The third-order valence-electron chi connectivity index (χ3n) is 5.18. The molecule has 0 fully saturated rings. The molecule has 4 rings (SSSR count). The van der Waals surface area contributed by atoms with Gasteiger partial charge in [-0.1, -0.05) is 17.4 Å². The minimum atomic E-state index is -3.72. The number of anilines is 1. The molecule has 0 N–H and O–H groups in total. The van der Waals surface area contributed by atoms with Gasteiger partial charge in [0.1, 0.15) is 5.82 Å². The van der Waals surface area contributed by atoms with Gasteiger partial charge in [0.05, 0.1) is 27.2 Å². The molecule has 2 aromatic heterocycles. The molecule has 1 amide bonds. The summed E-state index contributed by atoms with van der Waals surface area (Å²) in [5.74, 6) is -1.19. The maximum Gasteiger partial charge on any atom is 0.229 e. The first-order valence-electron chi connectivity index (χ1n) is 10.4. The zero-order valence-corrected chi connectivity index (χ0v) is 19.7. The molecule has 0 aliphatic heterocycles. The standard InChI is InChI=1S/C23H23FN4O3S2/c1-17-3-8-20-21(15-17)32-23(26-20)28(12-2-11-27-13-10-25-16-27)22(29)9-14-33(30,31)19-6-4-18(24)5-7-19/h3-8,10,13,15-16H,2,9,11-12,14H2,1H3. The molecule has 33 heavy (non-hydrogen) atoms. The van der Waals surface area contributed by atoms with Gasteiger partial charge in [-0.3, -0.25) is 9.69 Å². The van der Waals surface area contributed by atoms with E-state index in [4.69, 9.17) is 0 Å². The van der Waals surface area contributed by atoms with Crippen LogP contribution in [0.3, 0.4) is 0 Å². The zero-order valence-electron chi connectivity index (χ0n) is 18.0. The monoisotopic (exact) mass is 486 g/mol. The fourth-order valence-electron chi connectivity index (χ4n) is 3.41. The number of hydrogen-bond donors (Lipinski definition) is 0. The van der Waals surface area contributed by atoms with E-state index in [0.29, 0.717) is 24.6 Å². The maximum atomic E-state index is 13.2. The number of amides is 1. The van der Waals surface area contributed by atoms with E-state index in [9.17, 15) is 17.6 Å². The number of aryl methyl sites for hydroxylation is 2. The Kier molecular flexibility index (Phi) is 6.85. The van der Waals surface area contributed by atoms with Crippen molar-refractivity contribution in [2.24, 2.45) is 0 Å². The third kappa shape index (κ3) is 5.63. The summed E-state index contributed by atoms with van der Waals surface area (Å²) in [5.41, 5.74) is 1.90. The van der Waals surface area contributed by atoms with Crippen LogP contribution in [0, 0.1) is 12.7 Å². The van der Waals surface area contributed by atoms with Crippen LogP contribution in [0.1, 0.15) is 18.4 Å². The lowest BCUT2D eigenvalue weighted by Gasteiger charge is -2.20. The van der Waals surface area contributed by atoms with Crippen molar-refractivity contribution in [2.75, 3.05) is 17.2 Å². The fourth-order valence-corrected chi connectivity index (χ4v) is 5.75. The van der Waals surface area contributed by atoms with Crippen molar-refractivity contribution in [3.8, 4) is 0 Å². The van der Waals surface area contributed by atoms with Gasteiger partial charge in [-0.15, -0.1) is 0 Å². The number of sulfone groups is 1. The van der Waals surface area contributed by atoms with Gasteiger partial charge in [-0.2, -0.15) is 0 Å². The molecule has 7 nitrogen and oxygen atoms in total. The summed E-state index contributed by atoms with van der Waals surface area (Å²) in [5, 5.41) is 0.547. The summed E-state index contributed by atoms with van der Waals surface area (Å²) in [6, 6.07) is 10.5. The van der Waals surface area contributed by atoms with Gasteiger partial charge in [0.2, 0.25) is 5.91 Å². The quantitative estimate of drug-likeness (QED) is 0.331. The molecule has 0 radical (unpaired) electrons. The first-order valence-corrected chi connectivity index (χ1v) is 12.9. The van der Waals surface area contributed by atoms with E-state index in [0.717, 1.165) is 27.9 Å². The Hall–Kier alpha value is -3.11. The number of halogens is 1. The van der Waals surface area contributed by atoms with Gasteiger partial charge in [-0.05, 0) is 55.3 Å². The number of carbonyl (C=O) groups excluding carboxylic acids is 1. The Morgan fingerprint density at radius 1 is 1.18 bits per heavy atom. The van der Waals surface area contributed by atoms with Crippen LogP contribution in [0.15, 0.2) is 66.1 Å². The normalized spacial score (nSPS) is 11.7. The van der Waals surface area contributed by atoms with Crippen molar-refractivity contribution in [1.29, 1.82) is 0 Å². The lowest BCUT2D eigenvalue weighted by molar-refractivity contribution is -0.118. The second kappa shape index (κ2) is 9.80. The Morgan fingerprint density at radius 2 is 1.97 bits per heavy atom. The van der Waals surface area contributed by atoms with Gasteiger partial charge < -0.3 is 4.57 Å². The van der Waals surface area contributed by atoms with Crippen LogP contribution in [0.25, 0.3) is 10.2 Å². The summed E-state index contributed by atoms with van der Waals surface area (Å²) in [7, 11) is -3.72. The van der Waals surface area contributed by atoms with Crippen molar-refractivity contribution in [3.05, 3.63) is 72.6 Å². The molecule has 2 aromatic carbocycles. The Morgan fingerprint density at radius 3 is 2.70 bits per heavy atom. The number of benzene rings is 2. The van der Waals surface area contributed by atoms with E-state index in [2.05, 4.69) is 9.97 Å². The minimum absolute atomic E-state index is 0.00109. The molecule has 0 aliphatic rings. The number of thiazole rings is 1. The molecule has 0 unspecified atom stereocenters. The van der Waals surface area contributed by atoms with Gasteiger partial charge in [-0.25, -0.2) is 22.8 Å². The molecule has 0 bridgehead atoms. The Labute approximate surface area is 195 Å². The molecule has 10 heteroatoms. The summed E-state index contributed by atoms with van der Waals surface area (Å²) in [6.45, 7) is 3.06. The highest BCUT2D eigenvalue weighted by Crippen LogP contribution is 2.30. The number of nitrogens with zero attached hydrogens (tertiary/aromatic N) is 4. The summed E-state index contributed by atoms with van der Waals surface area (Å²) < 4.78 is 41.3. The van der Waals surface area contributed by atoms with Gasteiger partial charge >= 0.3 is 0 Å². The molecular formula is C23H23FN4O3S2. The van der Waals surface area contributed by atoms with Crippen LogP contribution >= 0.6 is 11.3 Å². The average Bonchev–Trinajstić information content (AvgIpc) is 3.45. The first kappa shape index (κ1) is 23.1. The second-order valence-corrected chi connectivity index (χ2v) is 10.8. The van der Waals surface area contributed by atoms with Gasteiger partial charge in [0, 0.05) is 31.9 Å². The molecule has 4 aromatic rings. The van der Waals surface area contributed by atoms with Crippen molar-refractivity contribution >= 4 is 42.4 Å². The molecule has 0 aliphatic carbocycles. The van der Waals surface area contributed by atoms with Gasteiger partial charge in [0.25, 0.3) is 0 Å². The molecule has 0 spiro atoms. The van der Waals surface area contributed by atoms with E-state index < -0.39 is 15.7 Å². The molecule has 172 valence electrons. The average molecular weight is 487 g/mol. The van der Waals surface area contributed by atoms with Gasteiger partial charge in [0.15, 0.2) is 15.0 Å². The van der Waals surface area contributed by atoms with Crippen molar-refractivity contribution < 1.29 is 17.6 Å².